The number of carbonyl (C=O) groups is 1. The van der Waals surface area contributed by atoms with Crippen molar-refractivity contribution in [3.05, 3.63) is 38.7 Å². The number of carboxylic acid groups (broad SMARTS) is 1. The number of aromatic carboxylic acids is 1. The summed E-state index contributed by atoms with van der Waals surface area (Å²) in [6.45, 7) is 0.305. The molecule has 0 radical (unpaired) electrons. The summed E-state index contributed by atoms with van der Waals surface area (Å²) in [5.41, 5.74) is 0. The van der Waals surface area contributed by atoms with Gasteiger partial charge in [-0.05, 0) is 35.7 Å². The molecule has 3 rings (SSSR count). The van der Waals surface area contributed by atoms with Gasteiger partial charge in [-0.2, -0.15) is 4.31 Å². The first-order valence-corrected chi connectivity index (χ1v) is 9.55. The molecule has 0 amide bonds. The van der Waals surface area contributed by atoms with Gasteiger partial charge in [-0.15, -0.1) is 22.7 Å². The van der Waals surface area contributed by atoms with E-state index < -0.39 is 16.0 Å². The van der Waals surface area contributed by atoms with Crippen LogP contribution >= 0.6 is 22.7 Å². The van der Waals surface area contributed by atoms with Gasteiger partial charge >= 0.3 is 5.97 Å². The second kappa shape index (κ2) is 5.53. The van der Waals surface area contributed by atoms with E-state index in [0.717, 1.165) is 29.1 Å². The molecule has 2 aromatic heterocycles. The van der Waals surface area contributed by atoms with Gasteiger partial charge in [0.15, 0.2) is 0 Å². The minimum atomic E-state index is -3.78. The average Bonchev–Trinajstić information content (AvgIpc) is 2.95. The lowest BCUT2D eigenvalue weighted by Crippen LogP contribution is -2.33. The molecule has 1 aliphatic rings. The van der Waals surface area contributed by atoms with E-state index in [2.05, 4.69) is 0 Å². The Morgan fingerprint density at radius 2 is 2.05 bits per heavy atom. The molecule has 1 fully saturated rings. The summed E-state index contributed by atoms with van der Waals surface area (Å²) >= 11 is 2.44. The molecule has 1 saturated carbocycles. The molecule has 0 aromatic carbocycles. The van der Waals surface area contributed by atoms with Crippen molar-refractivity contribution in [2.24, 2.45) is 0 Å². The molecule has 21 heavy (non-hydrogen) atoms. The van der Waals surface area contributed by atoms with Gasteiger partial charge in [0, 0.05) is 17.5 Å². The molecule has 5 nitrogen and oxygen atoms in total. The lowest BCUT2D eigenvalue weighted by molar-refractivity contribution is 0.0698. The van der Waals surface area contributed by atoms with E-state index in [0.29, 0.717) is 6.54 Å². The van der Waals surface area contributed by atoms with Gasteiger partial charge in [-0.3, -0.25) is 0 Å². The standard InChI is InChI=1S/C13H13NO4S3/c15-13(16)12-11(5-7-20-12)21(17,18)14(9-3-4-9)8-10-2-1-6-19-10/h1-2,5-7,9H,3-4,8H2,(H,15,16). The first-order valence-electron chi connectivity index (χ1n) is 6.35. The van der Waals surface area contributed by atoms with Crippen LogP contribution in [0.1, 0.15) is 27.4 Å². The van der Waals surface area contributed by atoms with Crippen LogP contribution in [0.3, 0.4) is 0 Å². The van der Waals surface area contributed by atoms with Gasteiger partial charge in [0.2, 0.25) is 10.0 Å². The first-order chi connectivity index (χ1) is 10.00. The Hall–Kier alpha value is -1.22. The molecule has 8 heteroatoms. The van der Waals surface area contributed by atoms with Crippen molar-refractivity contribution < 1.29 is 18.3 Å². The summed E-state index contributed by atoms with van der Waals surface area (Å²) in [6, 6.07) is 5.14. The number of hydrogen-bond donors (Lipinski definition) is 1. The molecular weight excluding hydrogens is 330 g/mol. The van der Waals surface area contributed by atoms with Gasteiger partial charge in [0.1, 0.15) is 9.77 Å². The Bertz CT molecular complexity index is 744. The molecular formula is C13H13NO4S3. The molecule has 0 unspecified atom stereocenters. The predicted molar refractivity (Wildman–Crippen MR) is 81.3 cm³/mol. The highest BCUT2D eigenvalue weighted by atomic mass is 32.2. The molecule has 1 N–H and O–H groups in total. The number of rotatable bonds is 6. The first kappa shape index (κ1) is 14.7. The molecule has 0 spiro atoms. The third-order valence-corrected chi connectivity index (χ3v) is 7.09. The van der Waals surface area contributed by atoms with E-state index in [9.17, 15) is 13.2 Å². The maximum atomic E-state index is 12.8. The van der Waals surface area contributed by atoms with Crippen LogP contribution in [-0.2, 0) is 16.6 Å². The summed E-state index contributed by atoms with van der Waals surface area (Å²) in [5, 5.41) is 12.5. The molecule has 112 valence electrons. The highest BCUT2D eigenvalue weighted by molar-refractivity contribution is 7.89. The van der Waals surface area contributed by atoms with Crippen molar-refractivity contribution in [1.82, 2.24) is 4.31 Å². The van der Waals surface area contributed by atoms with Crippen LogP contribution in [-0.4, -0.2) is 29.8 Å². The average molecular weight is 343 g/mol. The third-order valence-electron chi connectivity index (χ3n) is 3.26. The molecule has 0 saturated heterocycles. The van der Waals surface area contributed by atoms with Crippen LogP contribution in [0.5, 0.6) is 0 Å². The Morgan fingerprint density at radius 1 is 1.29 bits per heavy atom. The van der Waals surface area contributed by atoms with Crippen LogP contribution in [0.25, 0.3) is 0 Å². The van der Waals surface area contributed by atoms with E-state index in [1.807, 2.05) is 17.5 Å². The maximum Gasteiger partial charge on any atom is 0.347 e. The molecule has 2 aromatic rings. The fraction of sp³-hybridized carbons (Fsp3) is 0.308. The Labute approximate surface area is 130 Å². The van der Waals surface area contributed by atoms with E-state index in [4.69, 9.17) is 5.11 Å². The smallest absolute Gasteiger partial charge is 0.347 e. The molecule has 1 aliphatic carbocycles. The summed E-state index contributed by atoms with van der Waals surface area (Å²) in [5.74, 6) is -1.20. The Balaban J connectivity index is 1.97. The molecule has 2 heterocycles. The van der Waals surface area contributed by atoms with E-state index in [1.54, 1.807) is 0 Å². The minimum Gasteiger partial charge on any atom is -0.477 e. The SMILES string of the molecule is O=C(O)c1sccc1S(=O)(=O)N(Cc1cccs1)C1CC1. The van der Waals surface area contributed by atoms with Crippen molar-refractivity contribution in [3.63, 3.8) is 0 Å². The number of sulfonamides is 1. The monoisotopic (exact) mass is 343 g/mol. The Kier molecular flexibility index (Phi) is 3.87. The molecule has 0 atom stereocenters. The van der Waals surface area contributed by atoms with Crippen LogP contribution in [0.15, 0.2) is 33.9 Å². The predicted octanol–water partition coefficient (Wildman–Crippen LogP) is 2.86. The van der Waals surface area contributed by atoms with E-state index in [-0.39, 0.29) is 15.8 Å². The zero-order valence-corrected chi connectivity index (χ0v) is 13.4. The van der Waals surface area contributed by atoms with Crippen LogP contribution in [0, 0.1) is 0 Å². The highest BCUT2D eigenvalue weighted by Gasteiger charge is 2.40. The van der Waals surface area contributed by atoms with Crippen LogP contribution in [0.4, 0.5) is 0 Å². The van der Waals surface area contributed by atoms with Crippen molar-refractivity contribution in [1.29, 1.82) is 0 Å². The largest absolute Gasteiger partial charge is 0.477 e. The zero-order valence-electron chi connectivity index (χ0n) is 10.9. The zero-order chi connectivity index (χ0) is 15.0. The van der Waals surface area contributed by atoms with Crippen LogP contribution in [0.2, 0.25) is 0 Å². The fourth-order valence-corrected chi connectivity index (χ4v) is 5.79. The maximum absolute atomic E-state index is 12.8. The van der Waals surface area contributed by atoms with Crippen LogP contribution < -0.4 is 0 Å². The summed E-state index contributed by atoms with van der Waals surface area (Å²) in [7, 11) is -3.78. The number of hydrogen-bond acceptors (Lipinski definition) is 5. The second-order valence-electron chi connectivity index (χ2n) is 4.78. The van der Waals surface area contributed by atoms with Crippen molar-refractivity contribution in [2.45, 2.75) is 30.3 Å². The van der Waals surface area contributed by atoms with E-state index >= 15 is 0 Å². The van der Waals surface area contributed by atoms with Gasteiger partial charge in [0.05, 0.1) is 0 Å². The van der Waals surface area contributed by atoms with E-state index in [1.165, 1.54) is 27.1 Å². The Morgan fingerprint density at radius 3 is 2.62 bits per heavy atom. The topological polar surface area (TPSA) is 74.7 Å². The van der Waals surface area contributed by atoms with Crippen molar-refractivity contribution in [3.8, 4) is 0 Å². The number of thiophene rings is 2. The van der Waals surface area contributed by atoms with Gasteiger partial charge in [-0.1, -0.05) is 6.07 Å². The molecule has 0 aliphatic heterocycles. The van der Waals surface area contributed by atoms with Crippen molar-refractivity contribution in [2.75, 3.05) is 0 Å². The lowest BCUT2D eigenvalue weighted by Gasteiger charge is -2.21. The summed E-state index contributed by atoms with van der Waals surface area (Å²) in [4.78, 5) is 11.9. The normalized spacial score (nSPS) is 15.5. The van der Waals surface area contributed by atoms with Gasteiger partial charge in [0.25, 0.3) is 0 Å². The summed E-state index contributed by atoms with van der Waals surface area (Å²) in [6.07, 6.45) is 1.66. The van der Waals surface area contributed by atoms with Gasteiger partial charge in [-0.25, -0.2) is 13.2 Å². The third kappa shape index (κ3) is 2.89. The quantitative estimate of drug-likeness (QED) is 0.875. The van der Waals surface area contributed by atoms with Gasteiger partial charge < -0.3 is 5.11 Å². The highest BCUT2D eigenvalue weighted by Crippen LogP contribution is 2.36. The second-order valence-corrected chi connectivity index (χ2v) is 8.59. The number of nitrogens with zero attached hydrogens (tertiary/aromatic N) is 1. The minimum absolute atomic E-state index is 0.0151. The lowest BCUT2D eigenvalue weighted by atomic mass is 10.4. The molecule has 0 bridgehead atoms. The summed E-state index contributed by atoms with van der Waals surface area (Å²) < 4.78 is 27.0. The van der Waals surface area contributed by atoms with Crippen molar-refractivity contribution >= 4 is 38.7 Å². The fourth-order valence-electron chi connectivity index (χ4n) is 2.11. The number of carboxylic acids is 1.